The SMILES string of the molecule is CCC(C(=O)NC(C)C)N(Cc1ccc(OC)cc1)C(=O)COc1ccc(Br)c(C)c1. The maximum Gasteiger partial charge on any atom is 0.261 e. The van der Waals surface area contributed by atoms with E-state index in [1.807, 2.05) is 64.1 Å². The van der Waals surface area contributed by atoms with Gasteiger partial charge in [-0.25, -0.2) is 0 Å². The van der Waals surface area contributed by atoms with Gasteiger partial charge in [-0.2, -0.15) is 0 Å². The number of ether oxygens (including phenoxy) is 2. The molecule has 6 nitrogen and oxygen atoms in total. The fourth-order valence-corrected chi connectivity index (χ4v) is 3.41. The molecule has 2 aromatic carbocycles. The van der Waals surface area contributed by atoms with Gasteiger partial charge in [0.05, 0.1) is 7.11 Å². The van der Waals surface area contributed by atoms with Crippen LogP contribution in [0.1, 0.15) is 38.3 Å². The standard InChI is InChI=1S/C24H31BrN2O4/c1-6-22(24(29)26-16(2)3)27(14-18-7-9-19(30-5)10-8-18)23(28)15-31-20-11-12-21(25)17(4)13-20/h7-13,16,22H,6,14-15H2,1-5H3,(H,26,29). The normalized spacial score (nSPS) is 11.7. The maximum absolute atomic E-state index is 13.2. The minimum atomic E-state index is -0.591. The van der Waals surface area contributed by atoms with Crippen LogP contribution >= 0.6 is 15.9 Å². The molecule has 1 unspecified atom stereocenters. The topological polar surface area (TPSA) is 67.9 Å². The Morgan fingerprint density at radius 3 is 2.29 bits per heavy atom. The van der Waals surface area contributed by atoms with Crippen LogP contribution in [-0.4, -0.2) is 42.5 Å². The predicted molar refractivity (Wildman–Crippen MR) is 125 cm³/mol. The highest BCUT2D eigenvalue weighted by Crippen LogP contribution is 2.22. The van der Waals surface area contributed by atoms with Crippen LogP contribution in [0.2, 0.25) is 0 Å². The molecule has 0 aromatic heterocycles. The Morgan fingerprint density at radius 1 is 1.10 bits per heavy atom. The van der Waals surface area contributed by atoms with Crippen LogP contribution in [0.3, 0.4) is 0 Å². The number of aryl methyl sites for hydroxylation is 1. The van der Waals surface area contributed by atoms with Gasteiger partial charge in [-0.1, -0.05) is 35.0 Å². The third kappa shape index (κ3) is 7.28. The Balaban J connectivity index is 2.21. The minimum absolute atomic E-state index is 0.0125. The zero-order valence-electron chi connectivity index (χ0n) is 18.8. The lowest BCUT2D eigenvalue weighted by Gasteiger charge is -2.31. The van der Waals surface area contributed by atoms with Crippen molar-refractivity contribution in [3.8, 4) is 11.5 Å². The number of benzene rings is 2. The molecule has 2 rings (SSSR count). The maximum atomic E-state index is 13.2. The molecule has 1 atom stereocenters. The molecule has 0 bridgehead atoms. The van der Waals surface area contributed by atoms with Crippen LogP contribution in [0.15, 0.2) is 46.9 Å². The number of amides is 2. The van der Waals surface area contributed by atoms with E-state index in [1.54, 1.807) is 18.1 Å². The molecule has 0 saturated heterocycles. The molecule has 0 fully saturated rings. The molecule has 1 N–H and O–H groups in total. The highest BCUT2D eigenvalue weighted by atomic mass is 79.9. The predicted octanol–water partition coefficient (Wildman–Crippen LogP) is 4.48. The van der Waals surface area contributed by atoms with E-state index in [-0.39, 0.29) is 24.5 Å². The van der Waals surface area contributed by atoms with Crippen molar-refractivity contribution in [2.75, 3.05) is 13.7 Å². The van der Waals surface area contributed by atoms with Crippen LogP contribution < -0.4 is 14.8 Å². The quantitative estimate of drug-likeness (QED) is 0.533. The van der Waals surface area contributed by atoms with E-state index in [1.165, 1.54) is 0 Å². The molecule has 0 radical (unpaired) electrons. The number of hydrogen-bond donors (Lipinski definition) is 1. The molecular formula is C24H31BrN2O4. The van der Waals surface area contributed by atoms with Gasteiger partial charge in [-0.15, -0.1) is 0 Å². The molecule has 31 heavy (non-hydrogen) atoms. The molecule has 0 aliphatic rings. The van der Waals surface area contributed by atoms with Crippen LogP contribution in [-0.2, 0) is 16.1 Å². The van der Waals surface area contributed by atoms with Gasteiger partial charge in [0, 0.05) is 17.1 Å². The van der Waals surface area contributed by atoms with Crippen molar-refractivity contribution in [3.63, 3.8) is 0 Å². The van der Waals surface area contributed by atoms with Gasteiger partial charge in [0.25, 0.3) is 5.91 Å². The summed E-state index contributed by atoms with van der Waals surface area (Å²) < 4.78 is 11.9. The van der Waals surface area contributed by atoms with Gasteiger partial charge in [-0.3, -0.25) is 9.59 Å². The number of carbonyl (C=O) groups is 2. The number of nitrogens with one attached hydrogen (secondary N) is 1. The van der Waals surface area contributed by atoms with Crippen molar-refractivity contribution < 1.29 is 19.1 Å². The lowest BCUT2D eigenvalue weighted by molar-refractivity contribution is -0.143. The van der Waals surface area contributed by atoms with E-state index in [4.69, 9.17) is 9.47 Å². The van der Waals surface area contributed by atoms with Crippen LogP contribution in [0.25, 0.3) is 0 Å². The third-order valence-corrected chi connectivity index (χ3v) is 5.71. The molecular weight excluding hydrogens is 460 g/mol. The lowest BCUT2D eigenvalue weighted by atomic mass is 10.1. The van der Waals surface area contributed by atoms with Crippen molar-refractivity contribution >= 4 is 27.7 Å². The first kappa shape index (κ1) is 24.7. The lowest BCUT2D eigenvalue weighted by Crippen LogP contribution is -2.51. The van der Waals surface area contributed by atoms with Gasteiger partial charge in [0.15, 0.2) is 6.61 Å². The smallest absolute Gasteiger partial charge is 0.261 e. The summed E-state index contributed by atoms with van der Waals surface area (Å²) in [7, 11) is 1.61. The zero-order chi connectivity index (χ0) is 23.0. The fourth-order valence-electron chi connectivity index (χ4n) is 3.16. The van der Waals surface area contributed by atoms with E-state index >= 15 is 0 Å². The fraction of sp³-hybridized carbons (Fsp3) is 0.417. The van der Waals surface area contributed by atoms with Gasteiger partial charge in [-0.05, 0) is 68.7 Å². The number of hydrogen-bond acceptors (Lipinski definition) is 4. The summed E-state index contributed by atoms with van der Waals surface area (Å²) in [6, 6.07) is 12.4. The van der Waals surface area contributed by atoms with E-state index in [2.05, 4.69) is 21.2 Å². The molecule has 2 aromatic rings. The first-order valence-electron chi connectivity index (χ1n) is 10.4. The van der Waals surface area contributed by atoms with Crippen LogP contribution in [0, 0.1) is 6.92 Å². The number of halogens is 1. The van der Waals surface area contributed by atoms with Gasteiger partial charge < -0.3 is 19.7 Å². The number of carbonyl (C=O) groups excluding carboxylic acids is 2. The minimum Gasteiger partial charge on any atom is -0.497 e. The van der Waals surface area contributed by atoms with E-state index in [0.717, 1.165) is 21.3 Å². The summed E-state index contributed by atoms with van der Waals surface area (Å²) in [6.07, 6.45) is 0.498. The molecule has 0 aliphatic heterocycles. The Bertz CT molecular complexity index is 884. The summed E-state index contributed by atoms with van der Waals surface area (Å²) in [5.41, 5.74) is 1.92. The first-order chi connectivity index (χ1) is 14.7. The van der Waals surface area contributed by atoms with E-state index in [9.17, 15) is 9.59 Å². The summed E-state index contributed by atoms with van der Waals surface area (Å²) in [5, 5.41) is 2.92. The summed E-state index contributed by atoms with van der Waals surface area (Å²) in [4.78, 5) is 27.6. The Morgan fingerprint density at radius 2 is 1.74 bits per heavy atom. The molecule has 2 amide bonds. The second-order valence-corrected chi connectivity index (χ2v) is 8.51. The largest absolute Gasteiger partial charge is 0.497 e. The number of methoxy groups -OCH3 is 1. The molecule has 0 aliphatic carbocycles. The molecule has 168 valence electrons. The molecule has 7 heteroatoms. The summed E-state index contributed by atoms with van der Waals surface area (Å²) in [6.45, 7) is 7.81. The Hall–Kier alpha value is -2.54. The van der Waals surface area contributed by atoms with E-state index < -0.39 is 6.04 Å². The average Bonchev–Trinajstić information content (AvgIpc) is 2.74. The summed E-state index contributed by atoms with van der Waals surface area (Å²) in [5.74, 6) is 0.930. The number of nitrogens with zero attached hydrogens (tertiary/aromatic N) is 1. The van der Waals surface area contributed by atoms with Crippen LogP contribution in [0.5, 0.6) is 11.5 Å². The highest BCUT2D eigenvalue weighted by molar-refractivity contribution is 9.10. The Kier molecular flexibility index (Phi) is 9.37. The third-order valence-electron chi connectivity index (χ3n) is 4.82. The van der Waals surface area contributed by atoms with Crippen molar-refractivity contribution in [2.24, 2.45) is 0 Å². The molecule has 0 heterocycles. The van der Waals surface area contributed by atoms with Gasteiger partial charge in [0.1, 0.15) is 17.5 Å². The average molecular weight is 491 g/mol. The zero-order valence-corrected chi connectivity index (χ0v) is 20.4. The first-order valence-corrected chi connectivity index (χ1v) is 11.2. The molecule has 0 saturated carbocycles. The van der Waals surface area contributed by atoms with E-state index in [0.29, 0.717) is 18.7 Å². The van der Waals surface area contributed by atoms with Gasteiger partial charge in [0.2, 0.25) is 5.91 Å². The second kappa shape index (κ2) is 11.7. The van der Waals surface area contributed by atoms with Crippen molar-refractivity contribution in [3.05, 3.63) is 58.1 Å². The van der Waals surface area contributed by atoms with Crippen LogP contribution in [0.4, 0.5) is 0 Å². The molecule has 0 spiro atoms. The monoisotopic (exact) mass is 490 g/mol. The van der Waals surface area contributed by atoms with Crippen molar-refractivity contribution in [1.82, 2.24) is 10.2 Å². The second-order valence-electron chi connectivity index (χ2n) is 7.66. The highest BCUT2D eigenvalue weighted by Gasteiger charge is 2.29. The van der Waals surface area contributed by atoms with Crippen molar-refractivity contribution in [2.45, 2.75) is 52.7 Å². The Labute approximate surface area is 193 Å². The van der Waals surface area contributed by atoms with Gasteiger partial charge >= 0.3 is 0 Å². The summed E-state index contributed by atoms with van der Waals surface area (Å²) >= 11 is 3.46. The van der Waals surface area contributed by atoms with Crippen molar-refractivity contribution in [1.29, 1.82) is 0 Å². The number of rotatable bonds is 10.